The second-order valence-corrected chi connectivity index (χ2v) is 19.3. The molecule has 0 aromatic rings. The average Bonchev–Trinajstić information content (AvgIpc) is 3.26. The summed E-state index contributed by atoms with van der Waals surface area (Å²) in [6, 6.07) is 0. The molecule has 0 bridgehead atoms. The first-order chi connectivity index (χ1) is 31.0. The highest BCUT2D eigenvalue weighted by atomic mass is 32.2. The molecule has 0 saturated carbocycles. The Labute approximate surface area is 389 Å². The zero-order valence-corrected chi connectivity index (χ0v) is 41.0. The van der Waals surface area contributed by atoms with Gasteiger partial charge in [0.15, 0.2) is 12.4 Å². The molecule has 0 aromatic heterocycles. The first kappa shape index (κ1) is 59.9. The molecule has 1 aliphatic rings. The molecule has 0 aromatic carbocycles. The first-order valence-corrected chi connectivity index (χ1v) is 27.2. The number of unbranched alkanes of at least 4 members (excludes halogenated alkanes) is 25. The molecule has 64 heavy (non-hydrogen) atoms. The maximum atomic E-state index is 12.8. The van der Waals surface area contributed by atoms with Gasteiger partial charge in [-0.1, -0.05) is 185 Å². The van der Waals surface area contributed by atoms with E-state index in [0.717, 1.165) is 38.5 Å². The number of rotatable bonds is 43. The van der Waals surface area contributed by atoms with E-state index in [9.17, 15) is 37.9 Å². The van der Waals surface area contributed by atoms with Crippen molar-refractivity contribution in [2.75, 3.05) is 19.0 Å². The van der Waals surface area contributed by atoms with Gasteiger partial charge in [0.1, 0.15) is 36.8 Å². The lowest BCUT2D eigenvalue weighted by Gasteiger charge is -2.40. The molecule has 1 aliphatic heterocycles. The summed E-state index contributed by atoms with van der Waals surface area (Å²) < 4.78 is 54.1. The Morgan fingerprint density at radius 2 is 0.969 bits per heavy atom. The molecule has 1 saturated heterocycles. The van der Waals surface area contributed by atoms with Crippen LogP contribution in [0.25, 0.3) is 0 Å². The normalized spacial score (nSPS) is 19.9. The summed E-state index contributed by atoms with van der Waals surface area (Å²) in [6.07, 6.45) is 39.3. The lowest BCUT2D eigenvalue weighted by Crippen LogP contribution is -2.60. The monoisotopic (exact) mass is 929 g/mol. The topological polar surface area (TPSA) is 186 Å². The molecule has 1 rings (SSSR count). The minimum atomic E-state index is -4.61. The highest BCUT2D eigenvalue weighted by Gasteiger charge is 2.46. The van der Waals surface area contributed by atoms with Crippen molar-refractivity contribution in [2.24, 2.45) is 0 Å². The third kappa shape index (κ3) is 35.1. The van der Waals surface area contributed by atoms with Gasteiger partial charge in [-0.25, -0.2) is 0 Å². The van der Waals surface area contributed by atoms with Crippen LogP contribution in [0.3, 0.4) is 0 Å². The summed E-state index contributed by atoms with van der Waals surface area (Å²) in [5.41, 5.74) is 0. The molecular formula is C51H92O12S. The largest absolute Gasteiger partial charge is 0.462 e. The molecule has 4 N–H and O–H groups in total. The van der Waals surface area contributed by atoms with Gasteiger partial charge in [0.25, 0.3) is 10.1 Å². The average molecular weight is 929 g/mol. The maximum absolute atomic E-state index is 12.8. The van der Waals surface area contributed by atoms with Gasteiger partial charge in [0, 0.05) is 12.8 Å². The van der Waals surface area contributed by atoms with E-state index in [1.54, 1.807) is 0 Å². The number of hydrogen-bond donors (Lipinski definition) is 4. The number of carbonyl (C=O) groups is 2. The second-order valence-electron chi connectivity index (χ2n) is 17.8. The van der Waals surface area contributed by atoms with Crippen molar-refractivity contribution in [1.82, 2.24) is 0 Å². The summed E-state index contributed by atoms with van der Waals surface area (Å²) in [5, 5.41) is 30.9. The van der Waals surface area contributed by atoms with Gasteiger partial charge < -0.3 is 34.3 Å². The van der Waals surface area contributed by atoms with Crippen LogP contribution >= 0.6 is 0 Å². The van der Waals surface area contributed by atoms with Gasteiger partial charge in [-0.2, -0.15) is 8.42 Å². The number of allylic oxidation sites excluding steroid dienone is 6. The van der Waals surface area contributed by atoms with E-state index < -0.39 is 71.2 Å². The molecule has 0 radical (unpaired) electrons. The molecule has 1 fully saturated rings. The number of ether oxygens (including phenoxy) is 4. The van der Waals surface area contributed by atoms with Crippen molar-refractivity contribution in [2.45, 2.75) is 256 Å². The van der Waals surface area contributed by atoms with Crippen molar-refractivity contribution in [3.63, 3.8) is 0 Å². The van der Waals surface area contributed by atoms with Crippen molar-refractivity contribution in [1.29, 1.82) is 0 Å². The molecule has 13 heteroatoms. The number of carbonyl (C=O) groups excluding carboxylic acids is 2. The van der Waals surface area contributed by atoms with Crippen LogP contribution in [0.4, 0.5) is 0 Å². The van der Waals surface area contributed by atoms with Crippen LogP contribution < -0.4 is 0 Å². The molecule has 0 spiro atoms. The predicted molar refractivity (Wildman–Crippen MR) is 256 cm³/mol. The molecule has 0 amide bonds. The zero-order chi connectivity index (χ0) is 46.9. The quantitative estimate of drug-likeness (QED) is 0.0196. The highest BCUT2D eigenvalue weighted by Crippen LogP contribution is 2.24. The molecular weight excluding hydrogens is 837 g/mol. The smallest absolute Gasteiger partial charge is 0.306 e. The summed E-state index contributed by atoms with van der Waals surface area (Å²) in [5.74, 6) is -2.07. The fourth-order valence-electron chi connectivity index (χ4n) is 7.73. The zero-order valence-electron chi connectivity index (χ0n) is 40.1. The molecule has 12 nitrogen and oxygen atoms in total. The van der Waals surface area contributed by atoms with Crippen LogP contribution in [0.2, 0.25) is 0 Å². The molecule has 374 valence electrons. The van der Waals surface area contributed by atoms with Crippen molar-refractivity contribution in [3.8, 4) is 0 Å². The minimum absolute atomic E-state index is 0.0581. The van der Waals surface area contributed by atoms with Crippen LogP contribution in [-0.4, -0.2) is 96.0 Å². The van der Waals surface area contributed by atoms with Crippen LogP contribution in [-0.2, 0) is 38.7 Å². The summed E-state index contributed by atoms with van der Waals surface area (Å²) in [7, 11) is -4.61. The Morgan fingerprint density at radius 3 is 1.45 bits per heavy atom. The Bertz CT molecular complexity index is 1320. The Kier molecular flexibility index (Phi) is 38.4. The Morgan fingerprint density at radius 1 is 0.531 bits per heavy atom. The SMILES string of the molecule is CCCCCCCC/C=C/C/C=C/CCC(=O)OC(COC(=O)CCCCCCCCC/C=C/CCCCCCCCCCCCCC)CO[C@H]1O[C@H](CS(=O)(=O)O)[C@@H](O)C(O)C1O. The van der Waals surface area contributed by atoms with E-state index in [2.05, 4.69) is 38.2 Å². The molecule has 3 unspecified atom stereocenters. The van der Waals surface area contributed by atoms with Crippen LogP contribution in [0.1, 0.15) is 219 Å². The van der Waals surface area contributed by atoms with Gasteiger partial charge in [0.05, 0.1) is 6.61 Å². The fourth-order valence-corrected chi connectivity index (χ4v) is 8.42. The Hall–Kier alpha value is -2.13. The van der Waals surface area contributed by atoms with E-state index in [4.69, 9.17) is 18.9 Å². The summed E-state index contributed by atoms with van der Waals surface area (Å²) in [6.45, 7) is 3.72. The number of esters is 2. The van der Waals surface area contributed by atoms with Gasteiger partial charge in [0.2, 0.25) is 0 Å². The van der Waals surface area contributed by atoms with Crippen molar-refractivity contribution < 1.29 is 56.8 Å². The van der Waals surface area contributed by atoms with E-state index in [1.165, 1.54) is 141 Å². The first-order valence-electron chi connectivity index (χ1n) is 25.5. The molecule has 1 heterocycles. The molecule has 0 aliphatic carbocycles. The van der Waals surface area contributed by atoms with Gasteiger partial charge >= 0.3 is 11.9 Å². The predicted octanol–water partition coefficient (Wildman–Crippen LogP) is 11.3. The summed E-state index contributed by atoms with van der Waals surface area (Å²) in [4.78, 5) is 25.4. The van der Waals surface area contributed by atoms with Crippen molar-refractivity contribution >= 4 is 22.1 Å². The van der Waals surface area contributed by atoms with E-state index in [1.807, 2.05) is 12.2 Å². The molecule has 6 atom stereocenters. The van der Waals surface area contributed by atoms with E-state index in [0.29, 0.717) is 12.8 Å². The van der Waals surface area contributed by atoms with Gasteiger partial charge in [-0.3, -0.25) is 14.1 Å². The van der Waals surface area contributed by atoms with Gasteiger partial charge in [-0.05, 0) is 57.8 Å². The van der Waals surface area contributed by atoms with E-state index in [-0.39, 0.29) is 19.4 Å². The van der Waals surface area contributed by atoms with Crippen LogP contribution in [0.15, 0.2) is 36.5 Å². The fraction of sp³-hybridized carbons (Fsp3) is 0.843. The Balaban J connectivity index is 2.36. The maximum Gasteiger partial charge on any atom is 0.306 e. The highest BCUT2D eigenvalue weighted by molar-refractivity contribution is 7.85. The van der Waals surface area contributed by atoms with Gasteiger partial charge in [-0.15, -0.1) is 0 Å². The third-order valence-electron chi connectivity index (χ3n) is 11.7. The van der Waals surface area contributed by atoms with Crippen LogP contribution in [0, 0.1) is 0 Å². The number of hydrogen-bond acceptors (Lipinski definition) is 11. The summed E-state index contributed by atoms with van der Waals surface area (Å²) >= 11 is 0. The van der Waals surface area contributed by atoms with Crippen LogP contribution in [0.5, 0.6) is 0 Å². The van der Waals surface area contributed by atoms with Crippen molar-refractivity contribution in [3.05, 3.63) is 36.5 Å². The lowest BCUT2D eigenvalue weighted by molar-refractivity contribution is -0.297. The minimum Gasteiger partial charge on any atom is -0.462 e. The third-order valence-corrected chi connectivity index (χ3v) is 12.5. The standard InChI is InChI=1S/C51H92O12S/c1-3-5-7-9-11-13-15-17-18-19-20-21-22-23-24-25-26-28-29-31-33-35-37-39-46(52)60-41-44(42-61-51-50(56)49(55)48(54)45(63-51)43-64(57,58)59)62-47(53)40-38-36-34-32-30-27-16-14-12-10-8-6-4-2/h23-24,27,30,34,36,44-45,48-51,54-56H,3-22,25-26,28-29,31-33,35,37-43H2,1-2H3,(H,57,58,59)/b24-23+,30-27+,36-34+/t44?,45-,48-,49?,50?,51+/m1/s1. The second kappa shape index (κ2) is 41.1. The van der Waals surface area contributed by atoms with E-state index >= 15 is 0 Å². The lowest BCUT2D eigenvalue weighted by atomic mass is 10.00. The number of aliphatic hydroxyl groups is 3. The number of aliphatic hydroxyl groups excluding tert-OH is 3.